The van der Waals surface area contributed by atoms with Crippen molar-refractivity contribution in [2.75, 3.05) is 6.61 Å². The number of hydrogen-bond acceptors (Lipinski definition) is 3. The van der Waals surface area contributed by atoms with E-state index < -0.39 is 5.97 Å². The van der Waals surface area contributed by atoms with E-state index in [0.717, 1.165) is 32.1 Å². The average molecular weight is 200 g/mol. The van der Waals surface area contributed by atoms with Crippen LogP contribution in [0.3, 0.4) is 0 Å². The molecule has 0 aromatic rings. The van der Waals surface area contributed by atoms with E-state index >= 15 is 0 Å². The normalized spacial score (nSPS) is 9.86. The summed E-state index contributed by atoms with van der Waals surface area (Å²) < 4.78 is 4.79. The zero-order chi connectivity index (χ0) is 10.8. The number of rotatable bonds is 8. The van der Waals surface area contributed by atoms with Gasteiger partial charge in [0.15, 0.2) is 0 Å². The predicted octanol–water partition coefficient (Wildman–Crippen LogP) is 2.48. The van der Waals surface area contributed by atoms with Gasteiger partial charge in [0, 0.05) is 6.42 Å². The predicted molar refractivity (Wildman–Crippen MR) is 55.0 cm³/mol. The first-order chi connectivity index (χ1) is 6.72. The van der Waals surface area contributed by atoms with E-state index in [9.17, 15) is 9.59 Å². The Morgan fingerprint density at radius 2 is 1.64 bits per heavy atom. The molecule has 14 heavy (non-hydrogen) atoms. The van der Waals surface area contributed by atoms with Gasteiger partial charge >= 0.3 is 5.97 Å². The van der Waals surface area contributed by atoms with Crippen LogP contribution in [0.5, 0.6) is 0 Å². The van der Waals surface area contributed by atoms with Crippen LogP contribution in [0.1, 0.15) is 52.4 Å². The van der Waals surface area contributed by atoms with Crippen LogP contribution in [-0.4, -0.2) is 18.4 Å². The maximum Gasteiger partial charge on any atom is 0.374 e. The van der Waals surface area contributed by atoms with Gasteiger partial charge in [0.05, 0.1) is 6.61 Å². The van der Waals surface area contributed by atoms with Crippen LogP contribution < -0.4 is 0 Å². The van der Waals surface area contributed by atoms with Gasteiger partial charge in [0.1, 0.15) is 0 Å². The molecule has 82 valence electrons. The standard InChI is InChI=1S/C11H20O3/c1-3-5-7-8-10(12)11(13)14-9-6-4-2/h3-9H2,1-2H3. The van der Waals surface area contributed by atoms with Crippen molar-refractivity contribution in [2.45, 2.75) is 52.4 Å². The topological polar surface area (TPSA) is 43.4 Å². The average Bonchev–Trinajstić information content (AvgIpc) is 2.18. The molecule has 0 amide bonds. The molecule has 0 fully saturated rings. The fourth-order valence-electron chi connectivity index (χ4n) is 1.03. The maximum atomic E-state index is 11.1. The van der Waals surface area contributed by atoms with E-state index in [1.54, 1.807) is 0 Å². The summed E-state index contributed by atoms with van der Waals surface area (Å²) in [6.45, 7) is 4.44. The van der Waals surface area contributed by atoms with Crippen LogP contribution in [0.2, 0.25) is 0 Å². The van der Waals surface area contributed by atoms with Crippen LogP contribution >= 0.6 is 0 Å². The van der Waals surface area contributed by atoms with Crippen LogP contribution in [0, 0.1) is 0 Å². The molecule has 0 saturated carbocycles. The molecule has 0 aliphatic carbocycles. The monoisotopic (exact) mass is 200 g/mol. The van der Waals surface area contributed by atoms with Crippen molar-refractivity contribution in [1.82, 2.24) is 0 Å². The van der Waals surface area contributed by atoms with Gasteiger partial charge in [-0.05, 0) is 12.8 Å². The van der Waals surface area contributed by atoms with Crippen LogP contribution in [0.15, 0.2) is 0 Å². The number of ether oxygens (including phenoxy) is 1. The van der Waals surface area contributed by atoms with Crippen molar-refractivity contribution in [3.8, 4) is 0 Å². The first-order valence-electron chi connectivity index (χ1n) is 5.42. The van der Waals surface area contributed by atoms with Crippen molar-refractivity contribution in [3.05, 3.63) is 0 Å². The number of unbranched alkanes of at least 4 members (excludes halogenated alkanes) is 3. The summed E-state index contributed by atoms with van der Waals surface area (Å²) in [4.78, 5) is 22.2. The molecule has 0 rings (SSSR count). The third-order valence-electron chi connectivity index (χ3n) is 1.97. The Morgan fingerprint density at radius 3 is 2.21 bits per heavy atom. The van der Waals surface area contributed by atoms with Crippen LogP contribution in [-0.2, 0) is 14.3 Å². The molecule has 0 aromatic heterocycles. The van der Waals surface area contributed by atoms with E-state index in [2.05, 4.69) is 6.92 Å². The molecule has 0 saturated heterocycles. The van der Waals surface area contributed by atoms with E-state index in [1.807, 2.05) is 6.92 Å². The minimum absolute atomic E-state index is 0.332. The molecule has 0 aliphatic heterocycles. The minimum atomic E-state index is -0.658. The molecular formula is C11H20O3. The Labute approximate surface area is 85.8 Å². The van der Waals surface area contributed by atoms with E-state index in [1.165, 1.54) is 0 Å². The highest BCUT2D eigenvalue weighted by molar-refractivity contribution is 6.33. The molecular weight excluding hydrogens is 180 g/mol. The first-order valence-corrected chi connectivity index (χ1v) is 5.42. The smallest absolute Gasteiger partial charge is 0.374 e. The van der Waals surface area contributed by atoms with Gasteiger partial charge in [-0.3, -0.25) is 4.79 Å². The number of carbonyl (C=O) groups is 2. The number of carbonyl (C=O) groups excluding carboxylic acids is 2. The molecule has 0 atom stereocenters. The fraction of sp³-hybridized carbons (Fsp3) is 0.818. The highest BCUT2D eigenvalue weighted by Gasteiger charge is 2.13. The molecule has 0 bridgehead atoms. The maximum absolute atomic E-state index is 11.1. The molecule has 0 aromatic carbocycles. The summed E-state index contributed by atoms with van der Waals surface area (Å²) >= 11 is 0. The second-order valence-electron chi connectivity index (χ2n) is 3.37. The lowest BCUT2D eigenvalue weighted by Crippen LogP contribution is -2.17. The third kappa shape index (κ3) is 6.63. The zero-order valence-corrected chi connectivity index (χ0v) is 9.17. The van der Waals surface area contributed by atoms with Gasteiger partial charge in [-0.15, -0.1) is 0 Å². The fourth-order valence-corrected chi connectivity index (χ4v) is 1.03. The van der Waals surface area contributed by atoms with Crippen LogP contribution in [0.4, 0.5) is 0 Å². The summed E-state index contributed by atoms with van der Waals surface area (Å²) in [7, 11) is 0. The van der Waals surface area contributed by atoms with Crippen molar-refractivity contribution < 1.29 is 14.3 Å². The second kappa shape index (κ2) is 8.73. The van der Waals surface area contributed by atoms with E-state index in [4.69, 9.17) is 4.74 Å². The summed E-state index contributed by atoms with van der Waals surface area (Å²) in [5.74, 6) is -1.04. The molecule has 0 radical (unpaired) electrons. The van der Waals surface area contributed by atoms with Crippen molar-refractivity contribution in [2.24, 2.45) is 0 Å². The lowest BCUT2D eigenvalue weighted by Gasteiger charge is -2.02. The first kappa shape index (κ1) is 13.1. The summed E-state index contributed by atoms with van der Waals surface area (Å²) in [6, 6.07) is 0. The molecule has 3 heteroatoms. The van der Waals surface area contributed by atoms with Crippen molar-refractivity contribution >= 4 is 11.8 Å². The number of ketones is 1. The summed E-state index contributed by atoms with van der Waals surface area (Å²) in [6.07, 6.45) is 4.97. The second-order valence-corrected chi connectivity index (χ2v) is 3.37. The molecule has 0 aliphatic rings. The summed E-state index contributed by atoms with van der Waals surface area (Å²) in [5.41, 5.74) is 0. The van der Waals surface area contributed by atoms with Gasteiger partial charge in [0.25, 0.3) is 0 Å². The number of hydrogen-bond donors (Lipinski definition) is 0. The molecule has 0 N–H and O–H groups in total. The summed E-state index contributed by atoms with van der Waals surface area (Å²) in [5, 5.41) is 0. The molecule has 0 spiro atoms. The van der Waals surface area contributed by atoms with Gasteiger partial charge < -0.3 is 4.74 Å². The van der Waals surface area contributed by atoms with Gasteiger partial charge in [-0.2, -0.15) is 0 Å². The third-order valence-corrected chi connectivity index (χ3v) is 1.97. The van der Waals surface area contributed by atoms with Crippen molar-refractivity contribution in [1.29, 1.82) is 0 Å². The Bertz CT molecular complexity index is 155. The highest BCUT2D eigenvalue weighted by atomic mass is 16.5. The molecule has 0 unspecified atom stereocenters. The lowest BCUT2D eigenvalue weighted by molar-refractivity contribution is -0.154. The Balaban J connectivity index is 3.50. The SMILES string of the molecule is CCCCCC(=O)C(=O)OCCCC. The van der Waals surface area contributed by atoms with Gasteiger partial charge in [-0.1, -0.05) is 33.1 Å². The van der Waals surface area contributed by atoms with Gasteiger partial charge in [-0.25, -0.2) is 4.79 Å². The molecule has 3 nitrogen and oxygen atoms in total. The highest BCUT2D eigenvalue weighted by Crippen LogP contribution is 2.01. The number of Topliss-reactive ketones (excluding diaryl/α,β-unsaturated/α-hetero) is 1. The Morgan fingerprint density at radius 1 is 1.00 bits per heavy atom. The lowest BCUT2D eigenvalue weighted by atomic mass is 10.1. The zero-order valence-electron chi connectivity index (χ0n) is 9.17. The largest absolute Gasteiger partial charge is 0.460 e. The van der Waals surface area contributed by atoms with E-state index in [-0.39, 0.29) is 5.78 Å². The minimum Gasteiger partial charge on any atom is -0.460 e. The molecule has 0 heterocycles. The number of esters is 1. The Kier molecular flexibility index (Phi) is 8.19. The van der Waals surface area contributed by atoms with Crippen LogP contribution in [0.25, 0.3) is 0 Å². The van der Waals surface area contributed by atoms with E-state index in [0.29, 0.717) is 13.0 Å². The van der Waals surface area contributed by atoms with Gasteiger partial charge in [0.2, 0.25) is 5.78 Å². The Hall–Kier alpha value is -0.860. The quantitative estimate of drug-likeness (QED) is 0.343. The van der Waals surface area contributed by atoms with Crippen molar-refractivity contribution in [3.63, 3.8) is 0 Å².